The van der Waals surface area contributed by atoms with Crippen molar-refractivity contribution in [2.45, 2.75) is 39.2 Å². The van der Waals surface area contributed by atoms with Gasteiger partial charge in [0.05, 0.1) is 18.2 Å². The first kappa shape index (κ1) is 15.0. The van der Waals surface area contributed by atoms with Crippen LogP contribution in [-0.2, 0) is 9.53 Å². The largest absolute Gasteiger partial charge is 0.465 e. The molecule has 1 unspecified atom stereocenters. The molecule has 1 aromatic rings. The van der Waals surface area contributed by atoms with Gasteiger partial charge in [-0.2, -0.15) is 0 Å². The van der Waals surface area contributed by atoms with Crippen LogP contribution in [0.1, 0.15) is 40.6 Å². The van der Waals surface area contributed by atoms with Gasteiger partial charge < -0.3 is 15.4 Å². The Balaban J connectivity index is 2.27. The summed E-state index contributed by atoms with van der Waals surface area (Å²) >= 11 is 1.41. The highest BCUT2D eigenvalue weighted by Gasteiger charge is 2.37. The fourth-order valence-electron chi connectivity index (χ4n) is 2.39. The van der Waals surface area contributed by atoms with Gasteiger partial charge in [0.2, 0.25) is 5.91 Å². The van der Waals surface area contributed by atoms with Crippen LogP contribution in [0.15, 0.2) is 0 Å². The van der Waals surface area contributed by atoms with E-state index in [4.69, 9.17) is 4.74 Å². The maximum atomic E-state index is 12.4. The predicted octanol–water partition coefficient (Wildman–Crippen LogP) is 2.23. The van der Waals surface area contributed by atoms with Crippen LogP contribution < -0.4 is 10.6 Å². The lowest BCUT2D eigenvalue weighted by Crippen LogP contribution is -2.48. The molecular weight excluding hydrogens is 276 g/mol. The lowest BCUT2D eigenvalue weighted by atomic mass is 9.99. The number of methoxy groups -OCH3 is 1. The summed E-state index contributed by atoms with van der Waals surface area (Å²) < 4.78 is 4.80. The van der Waals surface area contributed by atoms with E-state index in [1.54, 1.807) is 0 Å². The van der Waals surface area contributed by atoms with Crippen molar-refractivity contribution in [3.63, 3.8) is 0 Å². The van der Waals surface area contributed by atoms with Gasteiger partial charge in [-0.15, -0.1) is 11.3 Å². The van der Waals surface area contributed by atoms with Crippen LogP contribution in [0.4, 0.5) is 5.00 Å². The van der Waals surface area contributed by atoms with Gasteiger partial charge in [0, 0.05) is 4.88 Å². The monoisotopic (exact) mass is 296 g/mol. The van der Waals surface area contributed by atoms with Crippen molar-refractivity contribution in [3.8, 4) is 0 Å². The Bertz CT molecular complexity index is 545. The van der Waals surface area contributed by atoms with Gasteiger partial charge in [0.15, 0.2) is 0 Å². The molecule has 20 heavy (non-hydrogen) atoms. The van der Waals surface area contributed by atoms with E-state index in [1.807, 2.05) is 20.8 Å². The zero-order valence-corrected chi connectivity index (χ0v) is 13.1. The number of hydrogen-bond acceptors (Lipinski definition) is 5. The molecule has 1 atom stereocenters. The molecule has 0 spiro atoms. The number of rotatable bonds is 3. The molecule has 0 bridgehead atoms. The predicted molar refractivity (Wildman–Crippen MR) is 79.4 cm³/mol. The van der Waals surface area contributed by atoms with Crippen molar-refractivity contribution in [1.82, 2.24) is 5.32 Å². The number of hydrogen-bond donors (Lipinski definition) is 2. The van der Waals surface area contributed by atoms with E-state index >= 15 is 0 Å². The Labute approximate surface area is 122 Å². The summed E-state index contributed by atoms with van der Waals surface area (Å²) in [7, 11) is 1.35. The lowest BCUT2D eigenvalue weighted by molar-refractivity contribution is -0.121. The number of ether oxygens (including phenoxy) is 1. The molecule has 1 fully saturated rings. The fourth-order valence-corrected chi connectivity index (χ4v) is 3.44. The molecule has 1 amide bonds. The summed E-state index contributed by atoms with van der Waals surface area (Å²) in [6.45, 7) is 6.53. The van der Waals surface area contributed by atoms with E-state index in [0.717, 1.165) is 29.8 Å². The van der Waals surface area contributed by atoms with Crippen molar-refractivity contribution in [2.75, 3.05) is 19.0 Å². The van der Waals surface area contributed by atoms with Gasteiger partial charge in [-0.1, -0.05) is 0 Å². The van der Waals surface area contributed by atoms with Gasteiger partial charge in [-0.25, -0.2) is 4.79 Å². The smallest absolute Gasteiger partial charge is 0.341 e. The summed E-state index contributed by atoms with van der Waals surface area (Å²) in [5.41, 5.74) is 0.769. The number of amides is 1. The number of aryl methyl sites for hydroxylation is 1. The fraction of sp³-hybridized carbons (Fsp3) is 0.571. The van der Waals surface area contributed by atoms with Crippen LogP contribution in [0.5, 0.6) is 0 Å². The quantitative estimate of drug-likeness (QED) is 0.839. The molecule has 6 heteroatoms. The second kappa shape index (κ2) is 5.54. The normalized spacial score (nSPS) is 21.8. The Kier molecular flexibility index (Phi) is 4.15. The highest BCUT2D eigenvalue weighted by molar-refractivity contribution is 7.16. The topological polar surface area (TPSA) is 67.4 Å². The van der Waals surface area contributed by atoms with Gasteiger partial charge >= 0.3 is 5.97 Å². The van der Waals surface area contributed by atoms with Gasteiger partial charge in [0.25, 0.3) is 0 Å². The Morgan fingerprint density at radius 2 is 2.10 bits per heavy atom. The second-order valence-corrected chi connectivity index (χ2v) is 6.52. The highest BCUT2D eigenvalue weighted by atomic mass is 32.1. The number of esters is 1. The van der Waals surface area contributed by atoms with Crippen molar-refractivity contribution in [2.24, 2.45) is 0 Å². The summed E-state index contributed by atoms with van der Waals surface area (Å²) in [5, 5.41) is 6.68. The number of carbonyl (C=O) groups excluding carboxylic acids is 2. The number of carbonyl (C=O) groups is 2. The van der Waals surface area contributed by atoms with Crippen molar-refractivity contribution in [3.05, 3.63) is 16.0 Å². The molecule has 0 saturated carbocycles. The Morgan fingerprint density at radius 1 is 1.40 bits per heavy atom. The van der Waals surface area contributed by atoms with Crippen LogP contribution in [0.25, 0.3) is 0 Å². The van der Waals surface area contributed by atoms with Crippen molar-refractivity contribution >= 4 is 28.2 Å². The van der Waals surface area contributed by atoms with Crippen molar-refractivity contribution < 1.29 is 14.3 Å². The maximum absolute atomic E-state index is 12.4. The van der Waals surface area contributed by atoms with E-state index in [2.05, 4.69) is 10.6 Å². The third-order valence-electron chi connectivity index (χ3n) is 3.87. The molecule has 0 aliphatic carbocycles. The summed E-state index contributed by atoms with van der Waals surface area (Å²) in [4.78, 5) is 25.3. The Morgan fingerprint density at radius 3 is 2.65 bits per heavy atom. The molecule has 0 aromatic carbocycles. The summed E-state index contributed by atoms with van der Waals surface area (Å²) in [6, 6.07) is 0. The number of nitrogens with one attached hydrogen (secondary N) is 2. The molecule has 110 valence electrons. The third-order valence-corrected chi connectivity index (χ3v) is 4.99. The number of anilines is 1. The molecule has 1 aliphatic rings. The van der Waals surface area contributed by atoms with Crippen LogP contribution in [0.2, 0.25) is 0 Å². The molecule has 1 aromatic heterocycles. The molecule has 1 saturated heterocycles. The van der Waals surface area contributed by atoms with Crippen molar-refractivity contribution in [1.29, 1.82) is 0 Å². The highest BCUT2D eigenvalue weighted by Crippen LogP contribution is 2.34. The minimum Gasteiger partial charge on any atom is -0.465 e. The van der Waals surface area contributed by atoms with Gasteiger partial charge in [-0.05, 0) is 45.7 Å². The van der Waals surface area contributed by atoms with E-state index in [0.29, 0.717) is 10.6 Å². The average molecular weight is 296 g/mol. The molecule has 2 heterocycles. The van der Waals surface area contributed by atoms with Crippen LogP contribution in [-0.4, -0.2) is 31.1 Å². The van der Waals surface area contributed by atoms with E-state index in [-0.39, 0.29) is 5.91 Å². The Hall–Kier alpha value is -1.40. The van der Waals surface area contributed by atoms with Gasteiger partial charge in [0.1, 0.15) is 5.00 Å². The maximum Gasteiger partial charge on any atom is 0.341 e. The zero-order chi connectivity index (χ0) is 14.9. The second-order valence-electron chi connectivity index (χ2n) is 5.30. The van der Waals surface area contributed by atoms with E-state index in [9.17, 15) is 9.59 Å². The first-order valence-corrected chi connectivity index (χ1v) is 7.45. The molecule has 1 aliphatic heterocycles. The van der Waals surface area contributed by atoms with Gasteiger partial charge in [-0.3, -0.25) is 4.79 Å². The lowest BCUT2D eigenvalue weighted by Gasteiger charge is -2.22. The molecule has 0 radical (unpaired) electrons. The van der Waals surface area contributed by atoms with Crippen LogP contribution in [0.3, 0.4) is 0 Å². The minimum atomic E-state index is -0.556. The summed E-state index contributed by atoms with van der Waals surface area (Å²) in [6.07, 6.45) is 1.78. The summed E-state index contributed by atoms with van der Waals surface area (Å²) in [5.74, 6) is -0.506. The SMILES string of the molecule is COC(=O)c1c(NC(=O)C2(C)CCCN2)sc(C)c1C. The van der Waals surface area contributed by atoms with E-state index < -0.39 is 11.5 Å². The molecule has 2 rings (SSSR count). The third kappa shape index (κ3) is 2.58. The number of thiophene rings is 1. The van der Waals surface area contributed by atoms with Crippen LogP contribution in [0, 0.1) is 13.8 Å². The molecular formula is C14H20N2O3S. The van der Waals surface area contributed by atoms with E-state index in [1.165, 1.54) is 18.4 Å². The molecule has 2 N–H and O–H groups in total. The minimum absolute atomic E-state index is 0.0959. The first-order chi connectivity index (χ1) is 9.39. The first-order valence-electron chi connectivity index (χ1n) is 6.64. The average Bonchev–Trinajstić information content (AvgIpc) is 2.96. The molecule has 5 nitrogen and oxygen atoms in total. The van der Waals surface area contributed by atoms with Crippen LogP contribution >= 0.6 is 11.3 Å². The zero-order valence-electron chi connectivity index (χ0n) is 12.3. The standard InChI is InChI=1S/C14H20N2O3S/c1-8-9(2)20-11(10(8)12(17)19-4)16-13(18)14(3)6-5-7-15-14/h15H,5-7H2,1-4H3,(H,16,18).